The zero-order valence-electron chi connectivity index (χ0n) is 12.7. The monoisotopic (exact) mass is 318 g/mol. The van der Waals surface area contributed by atoms with Gasteiger partial charge in [0.15, 0.2) is 0 Å². The van der Waals surface area contributed by atoms with E-state index in [4.69, 9.17) is 5.73 Å². The van der Waals surface area contributed by atoms with E-state index in [1.807, 2.05) is 36.4 Å². The summed E-state index contributed by atoms with van der Waals surface area (Å²) in [7, 11) is 0. The second-order valence-corrected chi connectivity index (χ2v) is 5.55. The Balaban J connectivity index is 2.04. The Morgan fingerprint density at radius 2 is 1.83 bits per heavy atom. The van der Waals surface area contributed by atoms with Crippen LogP contribution in [0.5, 0.6) is 0 Å². The number of primary amides is 1. The Morgan fingerprint density at radius 1 is 1.08 bits per heavy atom. The quantitative estimate of drug-likeness (QED) is 0.625. The van der Waals surface area contributed by atoms with Gasteiger partial charge in [0.2, 0.25) is 0 Å². The van der Waals surface area contributed by atoms with Crippen LogP contribution < -0.4 is 11.3 Å². The van der Waals surface area contributed by atoms with Crippen molar-refractivity contribution < 1.29 is 4.79 Å². The number of hydrogen-bond acceptors (Lipinski definition) is 3. The summed E-state index contributed by atoms with van der Waals surface area (Å²) >= 11 is 0. The maximum absolute atomic E-state index is 12.7. The van der Waals surface area contributed by atoms with Crippen molar-refractivity contribution in [1.82, 2.24) is 14.0 Å². The lowest BCUT2D eigenvalue weighted by atomic mass is 10.2. The third kappa shape index (κ3) is 2.16. The van der Waals surface area contributed by atoms with Crippen molar-refractivity contribution in [3.8, 4) is 0 Å². The molecule has 0 radical (unpaired) electrons. The molecule has 3 aromatic heterocycles. The third-order valence-corrected chi connectivity index (χ3v) is 4.01. The van der Waals surface area contributed by atoms with Gasteiger partial charge in [-0.3, -0.25) is 14.0 Å². The van der Waals surface area contributed by atoms with Crippen molar-refractivity contribution in [2.45, 2.75) is 6.54 Å². The second-order valence-electron chi connectivity index (χ2n) is 5.55. The van der Waals surface area contributed by atoms with E-state index in [1.54, 1.807) is 22.9 Å². The van der Waals surface area contributed by atoms with E-state index in [0.29, 0.717) is 23.2 Å². The molecule has 6 heteroatoms. The van der Waals surface area contributed by atoms with Crippen molar-refractivity contribution >= 4 is 22.6 Å². The SMILES string of the molecule is NC(=O)c1cc2c(=O)n3ccccc3nc2n1Cc1ccccc1. The van der Waals surface area contributed by atoms with Gasteiger partial charge in [0.05, 0.1) is 5.39 Å². The first kappa shape index (κ1) is 14.2. The Bertz CT molecular complexity index is 1130. The Hall–Kier alpha value is -3.41. The van der Waals surface area contributed by atoms with Gasteiger partial charge >= 0.3 is 0 Å². The van der Waals surface area contributed by atoms with E-state index in [-0.39, 0.29) is 11.3 Å². The molecule has 118 valence electrons. The molecule has 1 aromatic carbocycles. The van der Waals surface area contributed by atoms with E-state index in [0.717, 1.165) is 5.56 Å². The van der Waals surface area contributed by atoms with Crippen LogP contribution in [-0.2, 0) is 6.54 Å². The Kier molecular flexibility index (Phi) is 3.16. The number of rotatable bonds is 3. The van der Waals surface area contributed by atoms with E-state index < -0.39 is 5.91 Å². The molecule has 0 aliphatic rings. The molecule has 0 aliphatic carbocycles. The number of hydrogen-bond donors (Lipinski definition) is 1. The van der Waals surface area contributed by atoms with E-state index >= 15 is 0 Å². The molecular weight excluding hydrogens is 304 g/mol. The normalized spacial score (nSPS) is 11.2. The summed E-state index contributed by atoms with van der Waals surface area (Å²) in [5.41, 5.74) is 7.55. The van der Waals surface area contributed by atoms with Gasteiger partial charge in [-0.2, -0.15) is 0 Å². The highest BCUT2D eigenvalue weighted by atomic mass is 16.1. The highest BCUT2D eigenvalue weighted by Crippen LogP contribution is 2.18. The van der Waals surface area contributed by atoms with E-state index in [2.05, 4.69) is 4.98 Å². The fraction of sp³-hybridized carbons (Fsp3) is 0.0556. The van der Waals surface area contributed by atoms with Gasteiger partial charge in [-0.15, -0.1) is 0 Å². The number of benzene rings is 1. The molecule has 0 bridgehead atoms. The van der Waals surface area contributed by atoms with Crippen LogP contribution in [0.15, 0.2) is 65.6 Å². The molecule has 4 rings (SSSR count). The van der Waals surface area contributed by atoms with Crippen LogP contribution in [0.2, 0.25) is 0 Å². The predicted octanol–water partition coefficient (Wildman–Crippen LogP) is 1.80. The van der Waals surface area contributed by atoms with Crippen LogP contribution in [0, 0.1) is 0 Å². The standard InChI is InChI=1S/C18H14N4O2/c19-16(23)14-10-13-17(22(14)11-12-6-2-1-3-7-12)20-15-8-4-5-9-21(15)18(13)24/h1-10H,11H2,(H2,19,23). The molecule has 0 spiro atoms. The summed E-state index contributed by atoms with van der Waals surface area (Å²) in [4.78, 5) is 29.1. The van der Waals surface area contributed by atoms with Crippen molar-refractivity contribution in [3.05, 3.63) is 82.4 Å². The third-order valence-electron chi connectivity index (χ3n) is 4.01. The van der Waals surface area contributed by atoms with Gasteiger partial charge in [0.25, 0.3) is 11.5 Å². The predicted molar refractivity (Wildman–Crippen MR) is 91.0 cm³/mol. The van der Waals surface area contributed by atoms with Crippen molar-refractivity contribution in [1.29, 1.82) is 0 Å². The lowest BCUT2D eigenvalue weighted by molar-refractivity contribution is 0.0992. The lowest BCUT2D eigenvalue weighted by Crippen LogP contribution is -2.18. The minimum atomic E-state index is -0.586. The van der Waals surface area contributed by atoms with Gasteiger partial charge < -0.3 is 10.3 Å². The van der Waals surface area contributed by atoms with Crippen molar-refractivity contribution in [2.24, 2.45) is 5.73 Å². The number of fused-ring (bicyclic) bond motifs is 2. The summed E-state index contributed by atoms with van der Waals surface area (Å²) in [6, 6.07) is 16.5. The molecule has 0 saturated carbocycles. The van der Waals surface area contributed by atoms with Gasteiger partial charge in [-0.1, -0.05) is 36.4 Å². The molecule has 0 unspecified atom stereocenters. The van der Waals surface area contributed by atoms with Gasteiger partial charge in [0, 0.05) is 12.7 Å². The molecule has 0 fully saturated rings. The van der Waals surface area contributed by atoms with Crippen LogP contribution >= 0.6 is 0 Å². The smallest absolute Gasteiger partial charge is 0.267 e. The Labute approximate surface area is 136 Å². The minimum Gasteiger partial charge on any atom is -0.364 e. The first-order valence-corrected chi connectivity index (χ1v) is 7.49. The number of pyridine rings is 1. The lowest BCUT2D eigenvalue weighted by Gasteiger charge is -2.09. The molecule has 3 heterocycles. The fourth-order valence-electron chi connectivity index (χ4n) is 2.88. The number of nitrogens with two attached hydrogens (primary N) is 1. The van der Waals surface area contributed by atoms with E-state index in [1.165, 1.54) is 10.5 Å². The van der Waals surface area contributed by atoms with Crippen LogP contribution in [0.25, 0.3) is 16.7 Å². The molecule has 24 heavy (non-hydrogen) atoms. The number of nitrogens with zero attached hydrogens (tertiary/aromatic N) is 3. The van der Waals surface area contributed by atoms with Crippen LogP contribution in [0.3, 0.4) is 0 Å². The second kappa shape index (κ2) is 5.34. The summed E-state index contributed by atoms with van der Waals surface area (Å²) in [5, 5.41) is 0.378. The molecule has 0 aliphatic heterocycles. The largest absolute Gasteiger partial charge is 0.364 e. The average Bonchev–Trinajstić information content (AvgIpc) is 2.95. The van der Waals surface area contributed by atoms with Gasteiger partial charge in [-0.25, -0.2) is 4.98 Å². The number of carbonyl (C=O) groups excluding carboxylic acids is 1. The molecule has 0 atom stereocenters. The first-order chi connectivity index (χ1) is 11.6. The molecule has 1 amide bonds. The zero-order valence-corrected chi connectivity index (χ0v) is 12.7. The van der Waals surface area contributed by atoms with Crippen LogP contribution in [-0.4, -0.2) is 19.9 Å². The summed E-state index contributed by atoms with van der Waals surface area (Å²) in [6.07, 6.45) is 1.66. The summed E-state index contributed by atoms with van der Waals surface area (Å²) in [5.74, 6) is -0.586. The fourth-order valence-corrected chi connectivity index (χ4v) is 2.88. The topological polar surface area (TPSA) is 82.4 Å². The number of carbonyl (C=O) groups is 1. The highest BCUT2D eigenvalue weighted by molar-refractivity contribution is 5.97. The molecule has 2 N–H and O–H groups in total. The molecule has 6 nitrogen and oxygen atoms in total. The maximum atomic E-state index is 12.7. The summed E-state index contributed by atoms with van der Waals surface area (Å²) in [6.45, 7) is 0.415. The average molecular weight is 318 g/mol. The number of aromatic nitrogens is 3. The summed E-state index contributed by atoms with van der Waals surface area (Å²) < 4.78 is 3.15. The van der Waals surface area contributed by atoms with Crippen LogP contribution in [0.1, 0.15) is 16.1 Å². The van der Waals surface area contributed by atoms with Crippen molar-refractivity contribution in [3.63, 3.8) is 0 Å². The molecular formula is C18H14N4O2. The van der Waals surface area contributed by atoms with Gasteiger partial charge in [-0.05, 0) is 23.8 Å². The highest BCUT2D eigenvalue weighted by Gasteiger charge is 2.18. The number of amides is 1. The van der Waals surface area contributed by atoms with E-state index in [9.17, 15) is 9.59 Å². The van der Waals surface area contributed by atoms with Crippen molar-refractivity contribution in [2.75, 3.05) is 0 Å². The molecule has 4 aromatic rings. The maximum Gasteiger partial charge on any atom is 0.267 e. The zero-order chi connectivity index (χ0) is 16.7. The van der Waals surface area contributed by atoms with Crippen LogP contribution in [0.4, 0.5) is 0 Å². The molecule has 0 saturated heterocycles. The first-order valence-electron chi connectivity index (χ1n) is 7.49. The van der Waals surface area contributed by atoms with Gasteiger partial charge in [0.1, 0.15) is 17.0 Å². The minimum absolute atomic E-state index is 0.218. The Morgan fingerprint density at radius 3 is 2.58 bits per heavy atom.